The van der Waals surface area contributed by atoms with Crippen molar-refractivity contribution >= 4 is 29.0 Å². The van der Waals surface area contributed by atoms with Crippen LogP contribution in [0.4, 0.5) is 16.2 Å². The van der Waals surface area contributed by atoms with Gasteiger partial charge in [-0.3, -0.25) is 0 Å². The van der Waals surface area contributed by atoms with Gasteiger partial charge < -0.3 is 15.5 Å². The number of benzene rings is 2. The minimum absolute atomic E-state index is 0.213. The first kappa shape index (κ1) is 16.7. The number of hydrogen-bond acceptors (Lipinski definition) is 2. The summed E-state index contributed by atoms with van der Waals surface area (Å²) in [5.74, 6) is 0. The lowest BCUT2D eigenvalue weighted by atomic mass is 9.98. The zero-order valence-corrected chi connectivity index (χ0v) is 14.6. The van der Waals surface area contributed by atoms with Gasteiger partial charge in [-0.1, -0.05) is 29.8 Å². The van der Waals surface area contributed by atoms with Gasteiger partial charge in [0.05, 0.1) is 0 Å². The van der Waals surface area contributed by atoms with Gasteiger partial charge >= 0.3 is 6.03 Å². The van der Waals surface area contributed by atoms with Crippen molar-refractivity contribution in [2.45, 2.75) is 19.3 Å². The normalized spacial score (nSPS) is 13.3. The zero-order valence-electron chi connectivity index (χ0n) is 13.8. The molecule has 0 unspecified atom stereocenters. The fourth-order valence-corrected chi connectivity index (χ4v) is 3.25. The van der Waals surface area contributed by atoms with Crippen LogP contribution in [0.15, 0.2) is 42.5 Å². The van der Waals surface area contributed by atoms with Gasteiger partial charge in [-0.05, 0) is 54.7 Å². The zero-order chi connectivity index (χ0) is 16.9. The highest BCUT2D eigenvalue weighted by Gasteiger charge is 2.13. The third kappa shape index (κ3) is 4.20. The maximum atomic E-state index is 11.9. The smallest absolute Gasteiger partial charge is 0.319 e. The van der Waals surface area contributed by atoms with Gasteiger partial charge in [0, 0.05) is 36.5 Å². The Bertz CT molecular complexity index is 732. The van der Waals surface area contributed by atoms with Crippen LogP contribution >= 0.6 is 11.6 Å². The van der Waals surface area contributed by atoms with E-state index in [0.29, 0.717) is 17.3 Å². The van der Waals surface area contributed by atoms with E-state index in [0.717, 1.165) is 19.4 Å². The minimum atomic E-state index is -0.213. The molecule has 5 heteroatoms. The van der Waals surface area contributed by atoms with Gasteiger partial charge in [0.1, 0.15) is 0 Å². The SMILES string of the molecule is CN1CCCc2cc(CCNC(=O)Nc3cccc(Cl)c3)ccc21. The molecular weight excluding hydrogens is 322 g/mol. The van der Waals surface area contributed by atoms with E-state index >= 15 is 0 Å². The van der Waals surface area contributed by atoms with Crippen LogP contribution in [0.2, 0.25) is 5.02 Å². The van der Waals surface area contributed by atoms with Crippen LogP contribution in [0.1, 0.15) is 17.5 Å². The second-order valence-electron chi connectivity index (χ2n) is 6.13. The maximum absolute atomic E-state index is 11.9. The van der Waals surface area contributed by atoms with Crippen molar-refractivity contribution in [2.75, 3.05) is 30.4 Å². The number of nitrogens with zero attached hydrogens (tertiary/aromatic N) is 1. The third-order valence-electron chi connectivity index (χ3n) is 4.28. The summed E-state index contributed by atoms with van der Waals surface area (Å²) in [6.07, 6.45) is 3.16. The van der Waals surface area contributed by atoms with Gasteiger partial charge in [0.15, 0.2) is 0 Å². The molecule has 1 aliphatic heterocycles. The summed E-state index contributed by atoms with van der Waals surface area (Å²) in [5, 5.41) is 6.27. The third-order valence-corrected chi connectivity index (χ3v) is 4.51. The van der Waals surface area contributed by atoms with Crippen molar-refractivity contribution < 1.29 is 4.79 Å². The van der Waals surface area contributed by atoms with E-state index in [9.17, 15) is 4.79 Å². The molecule has 24 heavy (non-hydrogen) atoms. The van der Waals surface area contributed by atoms with E-state index in [2.05, 4.69) is 40.8 Å². The Morgan fingerprint density at radius 2 is 2.12 bits per heavy atom. The summed E-state index contributed by atoms with van der Waals surface area (Å²) in [4.78, 5) is 14.2. The molecule has 0 saturated carbocycles. The summed E-state index contributed by atoms with van der Waals surface area (Å²) in [6.45, 7) is 1.72. The molecule has 0 radical (unpaired) electrons. The number of hydrogen-bond donors (Lipinski definition) is 2. The van der Waals surface area contributed by atoms with Crippen molar-refractivity contribution in [2.24, 2.45) is 0 Å². The molecule has 0 aliphatic carbocycles. The molecule has 0 bridgehead atoms. The first-order valence-electron chi connectivity index (χ1n) is 8.25. The quantitative estimate of drug-likeness (QED) is 0.878. The molecule has 0 spiro atoms. The van der Waals surface area contributed by atoms with Crippen molar-refractivity contribution in [1.29, 1.82) is 0 Å². The Morgan fingerprint density at radius 1 is 1.25 bits per heavy atom. The number of amides is 2. The Labute approximate surface area is 147 Å². The number of urea groups is 1. The number of rotatable bonds is 4. The van der Waals surface area contributed by atoms with E-state index in [1.807, 2.05) is 12.1 Å². The van der Waals surface area contributed by atoms with E-state index in [1.165, 1.54) is 23.2 Å². The van der Waals surface area contributed by atoms with Crippen LogP contribution in [-0.2, 0) is 12.8 Å². The average molecular weight is 344 g/mol. The summed E-state index contributed by atoms with van der Waals surface area (Å²) in [5.41, 5.74) is 4.69. The number of fused-ring (bicyclic) bond motifs is 1. The lowest BCUT2D eigenvalue weighted by molar-refractivity contribution is 0.252. The Morgan fingerprint density at radius 3 is 2.96 bits per heavy atom. The highest BCUT2D eigenvalue weighted by atomic mass is 35.5. The fourth-order valence-electron chi connectivity index (χ4n) is 3.06. The van der Waals surface area contributed by atoms with Gasteiger partial charge in [-0.15, -0.1) is 0 Å². The van der Waals surface area contributed by atoms with Crippen molar-refractivity contribution in [3.8, 4) is 0 Å². The van der Waals surface area contributed by atoms with E-state index < -0.39 is 0 Å². The highest BCUT2D eigenvalue weighted by Crippen LogP contribution is 2.26. The van der Waals surface area contributed by atoms with Crippen molar-refractivity contribution in [3.05, 3.63) is 58.6 Å². The van der Waals surface area contributed by atoms with E-state index in [-0.39, 0.29) is 6.03 Å². The molecule has 0 fully saturated rings. The predicted octanol–water partition coefficient (Wildman–Crippen LogP) is 4.09. The monoisotopic (exact) mass is 343 g/mol. The first-order chi connectivity index (χ1) is 11.6. The molecular formula is C19H22ClN3O. The summed E-state index contributed by atoms with van der Waals surface area (Å²) in [7, 11) is 2.14. The van der Waals surface area contributed by atoms with Gasteiger partial charge in [-0.2, -0.15) is 0 Å². The molecule has 0 atom stereocenters. The second-order valence-corrected chi connectivity index (χ2v) is 6.57. The minimum Gasteiger partial charge on any atom is -0.374 e. The van der Waals surface area contributed by atoms with Gasteiger partial charge in [0.2, 0.25) is 0 Å². The summed E-state index contributed by atoms with van der Waals surface area (Å²) < 4.78 is 0. The van der Waals surface area contributed by atoms with Crippen LogP contribution in [0, 0.1) is 0 Å². The van der Waals surface area contributed by atoms with Crippen LogP contribution in [0.5, 0.6) is 0 Å². The van der Waals surface area contributed by atoms with Crippen LogP contribution in [0.3, 0.4) is 0 Å². The molecule has 1 aliphatic rings. The molecule has 4 nitrogen and oxygen atoms in total. The number of halogens is 1. The summed E-state index contributed by atoms with van der Waals surface area (Å²) >= 11 is 5.91. The number of carbonyl (C=O) groups is 1. The molecule has 2 amide bonds. The Hall–Kier alpha value is -2.20. The van der Waals surface area contributed by atoms with Crippen LogP contribution in [0.25, 0.3) is 0 Å². The Balaban J connectivity index is 1.50. The van der Waals surface area contributed by atoms with E-state index in [1.54, 1.807) is 12.1 Å². The summed E-state index contributed by atoms with van der Waals surface area (Å²) in [6, 6.07) is 13.5. The molecule has 2 aromatic carbocycles. The van der Waals surface area contributed by atoms with Crippen molar-refractivity contribution in [3.63, 3.8) is 0 Å². The van der Waals surface area contributed by atoms with Crippen molar-refractivity contribution in [1.82, 2.24) is 5.32 Å². The molecule has 0 aromatic heterocycles. The molecule has 126 valence electrons. The highest BCUT2D eigenvalue weighted by molar-refractivity contribution is 6.30. The van der Waals surface area contributed by atoms with Crippen LogP contribution < -0.4 is 15.5 Å². The van der Waals surface area contributed by atoms with E-state index in [4.69, 9.17) is 11.6 Å². The van der Waals surface area contributed by atoms with Crippen LogP contribution in [-0.4, -0.2) is 26.2 Å². The molecule has 3 rings (SSSR count). The van der Waals surface area contributed by atoms with Gasteiger partial charge in [-0.25, -0.2) is 4.79 Å². The molecule has 1 heterocycles. The number of carbonyl (C=O) groups excluding carboxylic acids is 1. The lowest BCUT2D eigenvalue weighted by Crippen LogP contribution is -2.30. The largest absolute Gasteiger partial charge is 0.374 e. The maximum Gasteiger partial charge on any atom is 0.319 e. The lowest BCUT2D eigenvalue weighted by Gasteiger charge is -2.27. The number of anilines is 2. The topological polar surface area (TPSA) is 44.4 Å². The first-order valence-corrected chi connectivity index (χ1v) is 8.63. The number of aryl methyl sites for hydroxylation is 1. The Kier molecular flexibility index (Phi) is 5.26. The average Bonchev–Trinajstić information content (AvgIpc) is 2.55. The fraction of sp³-hybridized carbons (Fsp3) is 0.316. The second kappa shape index (κ2) is 7.58. The molecule has 2 N–H and O–H groups in total. The molecule has 0 saturated heterocycles. The number of nitrogens with one attached hydrogen (secondary N) is 2. The van der Waals surface area contributed by atoms with Gasteiger partial charge in [0.25, 0.3) is 0 Å². The predicted molar refractivity (Wildman–Crippen MR) is 100 cm³/mol. The standard InChI is InChI=1S/C19H22ClN3O/c1-23-11-3-4-15-12-14(7-8-18(15)23)9-10-21-19(24)22-17-6-2-5-16(20)13-17/h2,5-8,12-13H,3-4,9-11H2,1H3,(H2,21,22,24). The molecule has 2 aromatic rings.